The van der Waals surface area contributed by atoms with Crippen LogP contribution in [0.15, 0.2) is 51.6 Å². The normalized spacial score (nSPS) is 10.3. The van der Waals surface area contributed by atoms with Gasteiger partial charge < -0.3 is 9.73 Å². The van der Waals surface area contributed by atoms with Crippen LogP contribution in [0.2, 0.25) is 0 Å². The molecule has 0 saturated carbocycles. The molecule has 0 aliphatic heterocycles. The average molecular weight is 383 g/mol. The molecule has 0 atom stereocenters. The number of carbonyl (C=O) groups excluding carboxylic acids is 3. The summed E-state index contributed by atoms with van der Waals surface area (Å²) >= 11 is 1.41. The first-order valence-electron chi connectivity index (χ1n) is 8.06. The molecule has 27 heavy (non-hydrogen) atoms. The second kappa shape index (κ2) is 7.88. The number of hydrogen-bond donors (Lipinski definition) is 3. The fourth-order valence-electron chi connectivity index (χ4n) is 2.48. The smallest absolute Gasteiger partial charge is 0.273 e. The van der Waals surface area contributed by atoms with Crippen molar-refractivity contribution in [1.82, 2.24) is 10.9 Å². The number of thiophene rings is 1. The van der Waals surface area contributed by atoms with E-state index in [1.165, 1.54) is 11.3 Å². The maximum absolute atomic E-state index is 12.5. The van der Waals surface area contributed by atoms with Crippen molar-refractivity contribution < 1.29 is 18.8 Å². The maximum atomic E-state index is 12.5. The Kier molecular flexibility index (Phi) is 5.37. The third kappa shape index (κ3) is 4.24. The number of furan rings is 1. The molecule has 0 saturated heterocycles. The van der Waals surface area contributed by atoms with Gasteiger partial charge in [-0.25, -0.2) is 0 Å². The fourth-order valence-corrected chi connectivity index (χ4v) is 3.12. The molecule has 0 aliphatic carbocycles. The molecule has 2 heterocycles. The van der Waals surface area contributed by atoms with Crippen LogP contribution in [0, 0.1) is 13.8 Å². The molecule has 2 aromatic heterocycles. The predicted molar refractivity (Wildman–Crippen MR) is 102 cm³/mol. The fraction of sp³-hybridized carbons (Fsp3) is 0.105. The first kappa shape index (κ1) is 18.4. The second-order valence-corrected chi connectivity index (χ2v) is 6.53. The maximum Gasteiger partial charge on any atom is 0.273 e. The molecule has 0 bridgehead atoms. The van der Waals surface area contributed by atoms with Crippen molar-refractivity contribution in [1.29, 1.82) is 0 Å². The van der Waals surface area contributed by atoms with Gasteiger partial charge in [0.2, 0.25) is 0 Å². The van der Waals surface area contributed by atoms with Gasteiger partial charge in [0.1, 0.15) is 11.5 Å². The molecule has 1 aromatic carbocycles. The number of hydrazine groups is 1. The minimum atomic E-state index is -0.553. The standard InChI is InChI=1S/C19H17N3O4S/c1-11-9-15(12(2)26-11)19(25)22-21-18(24)14-5-3-4-6-16(14)20-17(23)13-7-8-27-10-13/h3-10H,1-2H3,(H,20,23)(H,21,24)(H,22,25). The summed E-state index contributed by atoms with van der Waals surface area (Å²) < 4.78 is 5.31. The summed E-state index contributed by atoms with van der Waals surface area (Å²) in [4.78, 5) is 36.9. The van der Waals surface area contributed by atoms with E-state index in [4.69, 9.17) is 4.42 Å². The number of hydrogen-bond acceptors (Lipinski definition) is 5. The van der Waals surface area contributed by atoms with E-state index in [0.29, 0.717) is 28.3 Å². The molecule has 0 fully saturated rings. The molecule has 138 valence electrons. The second-order valence-electron chi connectivity index (χ2n) is 5.75. The van der Waals surface area contributed by atoms with E-state index in [0.717, 1.165) is 0 Å². The Morgan fingerprint density at radius 2 is 1.63 bits per heavy atom. The number of anilines is 1. The van der Waals surface area contributed by atoms with Crippen molar-refractivity contribution in [3.8, 4) is 0 Å². The summed E-state index contributed by atoms with van der Waals surface area (Å²) in [6, 6.07) is 9.82. The largest absolute Gasteiger partial charge is 0.466 e. The van der Waals surface area contributed by atoms with Gasteiger partial charge in [-0.05, 0) is 43.5 Å². The number of amides is 3. The van der Waals surface area contributed by atoms with E-state index in [-0.39, 0.29) is 11.5 Å². The molecule has 8 heteroatoms. The van der Waals surface area contributed by atoms with Crippen LogP contribution in [0.5, 0.6) is 0 Å². The first-order chi connectivity index (χ1) is 13.0. The number of para-hydroxylation sites is 1. The zero-order chi connectivity index (χ0) is 19.4. The highest BCUT2D eigenvalue weighted by Crippen LogP contribution is 2.17. The van der Waals surface area contributed by atoms with Crippen LogP contribution < -0.4 is 16.2 Å². The summed E-state index contributed by atoms with van der Waals surface area (Å²) in [6.07, 6.45) is 0. The Labute approximate surface area is 159 Å². The van der Waals surface area contributed by atoms with Crippen molar-refractivity contribution >= 4 is 34.7 Å². The van der Waals surface area contributed by atoms with Gasteiger partial charge in [-0.1, -0.05) is 12.1 Å². The zero-order valence-electron chi connectivity index (χ0n) is 14.7. The Hall–Kier alpha value is -3.39. The van der Waals surface area contributed by atoms with Crippen LogP contribution in [0.4, 0.5) is 5.69 Å². The van der Waals surface area contributed by atoms with Gasteiger partial charge in [0.15, 0.2) is 0 Å². The topological polar surface area (TPSA) is 100 Å². The number of rotatable bonds is 4. The number of benzene rings is 1. The minimum Gasteiger partial charge on any atom is -0.466 e. The van der Waals surface area contributed by atoms with Gasteiger partial charge in [0, 0.05) is 5.38 Å². The van der Waals surface area contributed by atoms with E-state index in [2.05, 4.69) is 16.2 Å². The highest BCUT2D eigenvalue weighted by atomic mass is 32.1. The SMILES string of the molecule is Cc1cc(C(=O)NNC(=O)c2ccccc2NC(=O)c2ccsc2)c(C)o1. The summed E-state index contributed by atoms with van der Waals surface area (Å²) in [5.74, 6) is -0.293. The number of aryl methyl sites for hydroxylation is 2. The molecule has 3 rings (SSSR count). The Bertz CT molecular complexity index is 992. The van der Waals surface area contributed by atoms with Crippen LogP contribution in [-0.4, -0.2) is 17.7 Å². The van der Waals surface area contributed by atoms with E-state index in [1.54, 1.807) is 61.0 Å². The molecule has 3 amide bonds. The molecular formula is C19H17N3O4S. The van der Waals surface area contributed by atoms with Gasteiger partial charge in [-0.2, -0.15) is 11.3 Å². The average Bonchev–Trinajstić information content (AvgIpc) is 3.29. The number of nitrogens with one attached hydrogen (secondary N) is 3. The van der Waals surface area contributed by atoms with Gasteiger partial charge in [0.25, 0.3) is 17.7 Å². The third-order valence-electron chi connectivity index (χ3n) is 3.78. The van der Waals surface area contributed by atoms with Crippen molar-refractivity contribution in [3.05, 3.63) is 75.4 Å². The quantitative estimate of drug-likeness (QED) is 0.602. The summed E-state index contributed by atoms with van der Waals surface area (Å²) in [5, 5.41) is 6.21. The molecule has 0 unspecified atom stereocenters. The van der Waals surface area contributed by atoms with Crippen molar-refractivity contribution in [3.63, 3.8) is 0 Å². The Balaban J connectivity index is 1.69. The molecule has 0 aliphatic rings. The van der Waals surface area contributed by atoms with Gasteiger partial charge in [0.05, 0.1) is 22.4 Å². The first-order valence-corrected chi connectivity index (χ1v) is 9.00. The zero-order valence-corrected chi connectivity index (χ0v) is 15.5. The van der Waals surface area contributed by atoms with Crippen LogP contribution in [-0.2, 0) is 0 Å². The predicted octanol–water partition coefficient (Wildman–Crippen LogP) is 3.29. The lowest BCUT2D eigenvalue weighted by atomic mass is 10.1. The molecular weight excluding hydrogens is 366 g/mol. The molecule has 7 nitrogen and oxygen atoms in total. The monoisotopic (exact) mass is 383 g/mol. The highest BCUT2D eigenvalue weighted by Gasteiger charge is 2.17. The summed E-state index contributed by atoms with van der Waals surface area (Å²) in [7, 11) is 0. The molecule has 3 N–H and O–H groups in total. The van der Waals surface area contributed by atoms with Crippen molar-refractivity contribution in [2.45, 2.75) is 13.8 Å². The third-order valence-corrected chi connectivity index (χ3v) is 4.46. The van der Waals surface area contributed by atoms with Crippen molar-refractivity contribution in [2.24, 2.45) is 0 Å². The highest BCUT2D eigenvalue weighted by molar-refractivity contribution is 7.08. The molecule has 3 aromatic rings. The van der Waals surface area contributed by atoms with Crippen LogP contribution in [0.1, 0.15) is 42.6 Å². The summed E-state index contributed by atoms with van der Waals surface area (Å²) in [5.41, 5.74) is 6.12. The van der Waals surface area contributed by atoms with Gasteiger partial charge >= 0.3 is 0 Å². The van der Waals surface area contributed by atoms with Crippen LogP contribution in [0.25, 0.3) is 0 Å². The Morgan fingerprint density at radius 3 is 2.26 bits per heavy atom. The van der Waals surface area contributed by atoms with E-state index >= 15 is 0 Å². The lowest BCUT2D eigenvalue weighted by Gasteiger charge is -2.11. The number of carbonyl (C=O) groups is 3. The van der Waals surface area contributed by atoms with E-state index < -0.39 is 11.8 Å². The lowest BCUT2D eigenvalue weighted by molar-refractivity contribution is 0.0846. The van der Waals surface area contributed by atoms with E-state index in [1.807, 2.05) is 0 Å². The van der Waals surface area contributed by atoms with Gasteiger partial charge in [-0.15, -0.1) is 0 Å². The Morgan fingerprint density at radius 1 is 0.926 bits per heavy atom. The van der Waals surface area contributed by atoms with Crippen molar-refractivity contribution in [2.75, 3.05) is 5.32 Å². The van der Waals surface area contributed by atoms with Gasteiger partial charge in [-0.3, -0.25) is 25.2 Å². The molecule has 0 spiro atoms. The minimum absolute atomic E-state index is 0.224. The molecule has 0 radical (unpaired) electrons. The van der Waals surface area contributed by atoms with E-state index in [9.17, 15) is 14.4 Å². The lowest BCUT2D eigenvalue weighted by Crippen LogP contribution is -2.42. The van der Waals surface area contributed by atoms with Crippen LogP contribution in [0.3, 0.4) is 0 Å². The van der Waals surface area contributed by atoms with Crippen LogP contribution >= 0.6 is 11.3 Å². The summed E-state index contributed by atoms with van der Waals surface area (Å²) in [6.45, 7) is 3.40.